The van der Waals surface area contributed by atoms with Gasteiger partial charge >= 0.3 is 0 Å². The Labute approximate surface area is 78.8 Å². The third-order valence-corrected chi connectivity index (χ3v) is 2.04. The van der Waals surface area contributed by atoms with Crippen molar-refractivity contribution >= 4 is 11.0 Å². The predicted molar refractivity (Wildman–Crippen MR) is 49.4 cm³/mol. The highest BCUT2D eigenvalue weighted by Crippen LogP contribution is 2.24. The fourth-order valence-electron chi connectivity index (χ4n) is 1.42. The van der Waals surface area contributed by atoms with Crippen LogP contribution in [0.1, 0.15) is 0 Å². The van der Waals surface area contributed by atoms with Gasteiger partial charge in [-0.25, -0.2) is 4.98 Å². The summed E-state index contributed by atoms with van der Waals surface area (Å²) in [6, 6.07) is 3.83. The van der Waals surface area contributed by atoms with Crippen LogP contribution in [0.5, 0.6) is 0 Å². The molecule has 5 nitrogen and oxygen atoms in total. The molecule has 3 aromatic rings. The Morgan fingerprint density at radius 1 is 1.36 bits per heavy atom. The molecule has 3 rings (SSSR count). The molecule has 0 saturated carbocycles. The lowest BCUT2D eigenvalue weighted by atomic mass is 10.2. The molecule has 0 saturated heterocycles. The first-order chi connectivity index (χ1) is 6.95. The summed E-state index contributed by atoms with van der Waals surface area (Å²) in [6.07, 6.45) is 4.85. The van der Waals surface area contributed by atoms with Gasteiger partial charge in [0, 0.05) is 17.8 Å². The van der Waals surface area contributed by atoms with Crippen molar-refractivity contribution in [3.05, 3.63) is 30.9 Å². The van der Waals surface area contributed by atoms with E-state index in [9.17, 15) is 0 Å². The van der Waals surface area contributed by atoms with Gasteiger partial charge in [-0.05, 0) is 12.1 Å². The largest absolute Gasteiger partial charge is 0.423 e. The lowest BCUT2D eigenvalue weighted by Crippen LogP contribution is -1.76. The summed E-state index contributed by atoms with van der Waals surface area (Å²) in [4.78, 5) is 7.20. The molecule has 5 heteroatoms. The molecule has 0 aliphatic carbocycles. The molecule has 0 atom stereocenters. The number of H-pyrrole nitrogens is 1. The normalized spacial score (nSPS) is 10.9. The van der Waals surface area contributed by atoms with Gasteiger partial charge in [0.25, 0.3) is 0 Å². The number of nitrogens with one attached hydrogen (secondary N) is 1. The Bertz CT molecular complexity index is 555. The zero-order valence-electron chi connectivity index (χ0n) is 7.14. The molecular formula is C9H6N4O. The average Bonchev–Trinajstić information content (AvgIpc) is 2.85. The van der Waals surface area contributed by atoms with E-state index >= 15 is 0 Å². The summed E-state index contributed by atoms with van der Waals surface area (Å²) < 4.78 is 5.12. The standard InChI is InChI=1S/C9H6N4O/c1-2-6-7(9-13-12-5-14-9)4-11-8(6)10-3-1/h1-5H,(H,10,11). The molecule has 0 bridgehead atoms. The highest BCUT2D eigenvalue weighted by Gasteiger charge is 2.09. The molecule has 0 aromatic carbocycles. The minimum Gasteiger partial charge on any atom is -0.423 e. The number of fused-ring (bicyclic) bond motifs is 1. The van der Waals surface area contributed by atoms with E-state index in [4.69, 9.17) is 4.42 Å². The first-order valence-electron chi connectivity index (χ1n) is 4.14. The number of aromatic nitrogens is 4. The Hall–Kier alpha value is -2.17. The smallest absolute Gasteiger partial charge is 0.249 e. The van der Waals surface area contributed by atoms with Crippen molar-refractivity contribution in [1.29, 1.82) is 0 Å². The molecule has 0 spiro atoms. The van der Waals surface area contributed by atoms with Crippen LogP contribution < -0.4 is 0 Å². The highest BCUT2D eigenvalue weighted by atomic mass is 16.4. The van der Waals surface area contributed by atoms with Crippen molar-refractivity contribution in [2.24, 2.45) is 0 Å². The van der Waals surface area contributed by atoms with Crippen LogP contribution >= 0.6 is 0 Å². The molecule has 3 heterocycles. The average molecular weight is 186 g/mol. The van der Waals surface area contributed by atoms with Crippen LogP contribution in [-0.4, -0.2) is 20.2 Å². The van der Waals surface area contributed by atoms with Crippen LogP contribution in [0.3, 0.4) is 0 Å². The molecule has 68 valence electrons. The Morgan fingerprint density at radius 2 is 2.36 bits per heavy atom. The number of hydrogen-bond donors (Lipinski definition) is 1. The third-order valence-electron chi connectivity index (χ3n) is 2.04. The van der Waals surface area contributed by atoms with E-state index in [-0.39, 0.29) is 0 Å². The van der Waals surface area contributed by atoms with E-state index < -0.39 is 0 Å². The molecule has 0 radical (unpaired) electrons. The minimum absolute atomic E-state index is 0.504. The molecule has 0 unspecified atom stereocenters. The van der Waals surface area contributed by atoms with Crippen molar-refractivity contribution < 1.29 is 4.42 Å². The van der Waals surface area contributed by atoms with E-state index in [0.29, 0.717) is 5.89 Å². The quantitative estimate of drug-likeness (QED) is 0.626. The van der Waals surface area contributed by atoms with Crippen LogP contribution in [0.2, 0.25) is 0 Å². The third kappa shape index (κ3) is 0.922. The minimum atomic E-state index is 0.504. The van der Waals surface area contributed by atoms with Crippen molar-refractivity contribution in [3.8, 4) is 11.5 Å². The number of aromatic amines is 1. The van der Waals surface area contributed by atoms with Gasteiger partial charge in [0.1, 0.15) is 5.65 Å². The second kappa shape index (κ2) is 2.66. The fraction of sp³-hybridized carbons (Fsp3) is 0. The Morgan fingerprint density at radius 3 is 3.21 bits per heavy atom. The number of rotatable bonds is 1. The maximum absolute atomic E-state index is 5.12. The predicted octanol–water partition coefficient (Wildman–Crippen LogP) is 1.61. The van der Waals surface area contributed by atoms with E-state index in [0.717, 1.165) is 16.6 Å². The van der Waals surface area contributed by atoms with Crippen LogP contribution in [0.4, 0.5) is 0 Å². The SMILES string of the molecule is c1cnc2[nH]cc(-c3nnco3)c2c1. The molecule has 0 fully saturated rings. The number of nitrogens with zero attached hydrogens (tertiary/aromatic N) is 3. The molecule has 0 aliphatic rings. The fourth-order valence-corrected chi connectivity index (χ4v) is 1.42. The summed E-state index contributed by atoms with van der Waals surface area (Å²) in [5.41, 5.74) is 1.70. The van der Waals surface area contributed by atoms with Crippen molar-refractivity contribution in [3.63, 3.8) is 0 Å². The van der Waals surface area contributed by atoms with E-state index in [2.05, 4.69) is 20.2 Å². The number of pyridine rings is 1. The van der Waals surface area contributed by atoms with Gasteiger partial charge in [0.2, 0.25) is 12.3 Å². The molecule has 1 N–H and O–H groups in total. The van der Waals surface area contributed by atoms with Gasteiger partial charge in [0.15, 0.2) is 0 Å². The van der Waals surface area contributed by atoms with Gasteiger partial charge in [-0.2, -0.15) is 0 Å². The lowest BCUT2D eigenvalue weighted by molar-refractivity contribution is 0.569. The number of hydrogen-bond acceptors (Lipinski definition) is 4. The summed E-state index contributed by atoms with van der Waals surface area (Å²) in [5.74, 6) is 0.504. The molecule has 14 heavy (non-hydrogen) atoms. The maximum atomic E-state index is 5.12. The Kier molecular flexibility index (Phi) is 1.38. The first-order valence-corrected chi connectivity index (χ1v) is 4.14. The molecular weight excluding hydrogens is 180 g/mol. The molecule has 3 aromatic heterocycles. The topological polar surface area (TPSA) is 67.6 Å². The highest BCUT2D eigenvalue weighted by molar-refractivity contribution is 5.90. The molecule has 0 aliphatic heterocycles. The van der Waals surface area contributed by atoms with E-state index in [1.165, 1.54) is 6.39 Å². The van der Waals surface area contributed by atoms with Gasteiger partial charge < -0.3 is 9.40 Å². The van der Waals surface area contributed by atoms with Gasteiger partial charge in [0.05, 0.1) is 5.56 Å². The summed E-state index contributed by atoms with van der Waals surface area (Å²) in [7, 11) is 0. The Balaban J connectivity index is 2.33. The van der Waals surface area contributed by atoms with Gasteiger partial charge in [-0.3, -0.25) is 0 Å². The van der Waals surface area contributed by atoms with Gasteiger partial charge in [-0.1, -0.05) is 0 Å². The van der Waals surface area contributed by atoms with Crippen LogP contribution in [0.15, 0.2) is 35.3 Å². The summed E-state index contributed by atoms with van der Waals surface area (Å²) in [6.45, 7) is 0. The van der Waals surface area contributed by atoms with Crippen molar-refractivity contribution in [1.82, 2.24) is 20.2 Å². The van der Waals surface area contributed by atoms with Gasteiger partial charge in [-0.15, -0.1) is 10.2 Å². The van der Waals surface area contributed by atoms with Crippen LogP contribution in [-0.2, 0) is 0 Å². The maximum Gasteiger partial charge on any atom is 0.249 e. The lowest BCUT2D eigenvalue weighted by Gasteiger charge is -1.89. The zero-order valence-corrected chi connectivity index (χ0v) is 7.14. The molecule has 0 amide bonds. The summed E-state index contributed by atoms with van der Waals surface area (Å²) >= 11 is 0. The second-order valence-corrected chi connectivity index (χ2v) is 2.85. The van der Waals surface area contributed by atoms with E-state index in [1.54, 1.807) is 6.20 Å². The van der Waals surface area contributed by atoms with Crippen molar-refractivity contribution in [2.45, 2.75) is 0 Å². The van der Waals surface area contributed by atoms with Crippen molar-refractivity contribution in [2.75, 3.05) is 0 Å². The zero-order chi connectivity index (χ0) is 9.38. The second-order valence-electron chi connectivity index (χ2n) is 2.85. The first kappa shape index (κ1) is 7.25. The monoisotopic (exact) mass is 186 g/mol. The van der Waals surface area contributed by atoms with Crippen LogP contribution in [0, 0.1) is 0 Å². The van der Waals surface area contributed by atoms with Crippen LogP contribution in [0.25, 0.3) is 22.5 Å². The summed E-state index contributed by atoms with van der Waals surface area (Å²) in [5, 5.41) is 8.46. The van der Waals surface area contributed by atoms with E-state index in [1.807, 2.05) is 18.3 Å².